The number of hydrogen-bond acceptors (Lipinski definition) is 2. The molecule has 4 heteroatoms. The fraction of sp³-hybridized carbons (Fsp3) is 0.273. The van der Waals surface area contributed by atoms with Gasteiger partial charge in [-0.2, -0.15) is 0 Å². The van der Waals surface area contributed by atoms with Crippen molar-refractivity contribution in [2.45, 2.75) is 13.3 Å². The molecule has 0 aliphatic carbocycles. The lowest BCUT2D eigenvalue weighted by Gasteiger charge is -2.12. The summed E-state index contributed by atoms with van der Waals surface area (Å²) in [5, 5.41) is 8.90. The van der Waals surface area contributed by atoms with Crippen LogP contribution in [0.4, 0.5) is 10.5 Å². The molecule has 0 radical (unpaired) electrons. The molecular formula is C11H11NO3. The van der Waals surface area contributed by atoms with Gasteiger partial charge in [0.25, 0.3) is 0 Å². The Kier molecular flexibility index (Phi) is 2.19. The minimum absolute atomic E-state index is 0.00609. The molecule has 2 rings (SSSR count). The fourth-order valence-corrected chi connectivity index (χ4v) is 1.82. The first kappa shape index (κ1) is 9.71. The Hall–Kier alpha value is -1.84. The third-order valence-electron chi connectivity index (χ3n) is 2.61. The molecule has 1 aromatic rings. The Balaban J connectivity index is 2.42. The van der Waals surface area contributed by atoms with Gasteiger partial charge in [-0.25, -0.2) is 4.79 Å². The first-order valence-corrected chi connectivity index (χ1v) is 4.74. The van der Waals surface area contributed by atoms with Gasteiger partial charge >= 0.3 is 6.09 Å². The molecule has 0 fully saturated rings. The van der Waals surface area contributed by atoms with Crippen LogP contribution in [0.3, 0.4) is 0 Å². The van der Waals surface area contributed by atoms with Gasteiger partial charge in [0.15, 0.2) is 5.78 Å². The number of carbonyl (C=O) groups excluding carboxylic acids is 1. The van der Waals surface area contributed by atoms with Crippen LogP contribution in [0.1, 0.15) is 22.8 Å². The van der Waals surface area contributed by atoms with E-state index in [0.29, 0.717) is 24.2 Å². The lowest BCUT2D eigenvalue weighted by molar-refractivity contribution is 0.101. The third kappa shape index (κ3) is 1.58. The fourth-order valence-electron chi connectivity index (χ4n) is 1.82. The quantitative estimate of drug-likeness (QED) is 0.712. The Morgan fingerprint density at radius 3 is 2.73 bits per heavy atom. The number of carboxylic acid groups (broad SMARTS) is 1. The summed E-state index contributed by atoms with van der Waals surface area (Å²) in [6.07, 6.45) is -0.257. The van der Waals surface area contributed by atoms with Gasteiger partial charge in [-0.1, -0.05) is 0 Å². The minimum Gasteiger partial charge on any atom is -0.465 e. The van der Waals surface area contributed by atoms with E-state index in [1.165, 1.54) is 11.8 Å². The van der Waals surface area contributed by atoms with Crippen LogP contribution in [0.5, 0.6) is 0 Å². The van der Waals surface area contributed by atoms with Gasteiger partial charge in [-0.15, -0.1) is 0 Å². The summed E-state index contributed by atoms with van der Waals surface area (Å²) < 4.78 is 0. The van der Waals surface area contributed by atoms with Gasteiger partial charge in [0.05, 0.1) is 5.69 Å². The van der Waals surface area contributed by atoms with E-state index in [-0.39, 0.29) is 5.78 Å². The van der Waals surface area contributed by atoms with Crippen molar-refractivity contribution in [1.29, 1.82) is 0 Å². The Labute approximate surface area is 87.1 Å². The van der Waals surface area contributed by atoms with Crippen molar-refractivity contribution >= 4 is 17.6 Å². The van der Waals surface area contributed by atoms with Gasteiger partial charge < -0.3 is 5.11 Å². The second-order valence-electron chi connectivity index (χ2n) is 3.58. The number of carbonyl (C=O) groups is 2. The van der Waals surface area contributed by atoms with Crippen LogP contribution in [0.15, 0.2) is 18.2 Å². The molecule has 1 aliphatic heterocycles. The van der Waals surface area contributed by atoms with Crippen molar-refractivity contribution in [3.63, 3.8) is 0 Å². The summed E-state index contributed by atoms with van der Waals surface area (Å²) in [4.78, 5) is 23.3. The standard InChI is InChI=1S/C11H11NO3/c1-7(13)8-2-3-10-9(6-8)4-5-12(10)11(14)15/h2-3,6H,4-5H2,1H3,(H,14,15). The van der Waals surface area contributed by atoms with E-state index >= 15 is 0 Å². The number of amides is 1. The Morgan fingerprint density at radius 2 is 2.13 bits per heavy atom. The largest absolute Gasteiger partial charge is 0.465 e. The van der Waals surface area contributed by atoms with Crippen molar-refractivity contribution in [3.05, 3.63) is 29.3 Å². The second kappa shape index (κ2) is 3.38. The molecule has 1 heterocycles. The highest BCUT2D eigenvalue weighted by Gasteiger charge is 2.24. The summed E-state index contributed by atoms with van der Waals surface area (Å²) in [5.41, 5.74) is 2.28. The van der Waals surface area contributed by atoms with Crippen LogP contribution in [0.2, 0.25) is 0 Å². The number of ketones is 1. The zero-order valence-corrected chi connectivity index (χ0v) is 8.36. The molecule has 0 aromatic heterocycles. The molecule has 0 bridgehead atoms. The van der Waals surface area contributed by atoms with E-state index in [1.807, 2.05) is 0 Å². The van der Waals surface area contributed by atoms with Crippen molar-refractivity contribution in [1.82, 2.24) is 0 Å². The first-order chi connectivity index (χ1) is 7.09. The number of nitrogens with zero attached hydrogens (tertiary/aromatic N) is 1. The van der Waals surface area contributed by atoms with E-state index in [4.69, 9.17) is 5.11 Å². The average Bonchev–Trinajstić information content (AvgIpc) is 2.59. The smallest absolute Gasteiger partial charge is 0.411 e. The highest BCUT2D eigenvalue weighted by molar-refractivity contribution is 5.96. The number of rotatable bonds is 1. The van der Waals surface area contributed by atoms with E-state index in [9.17, 15) is 9.59 Å². The molecule has 0 spiro atoms. The van der Waals surface area contributed by atoms with Gasteiger partial charge in [0, 0.05) is 12.1 Å². The van der Waals surface area contributed by atoms with Gasteiger partial charge in [-0.3, -0.25) is 9.69 Å². The van der Waals surface area contributed by atoms with E-state index in [1.54, 1.807) is 18.2 Å². The van der Waals surface area contributed by atoms with Crippen LogP contribution in [-0.4, -0.2) is 23.5 Å². The predicted molar refractivity (Wildman–Crippen MR) is 55.5 cm³/mol. The topological polar surface area (TPSA) is 57.6 Å². The van der Waals surface area contributed by atoms with Crippen LogP contribution in [0, 0.1) is 0 Å². The maximum Gasteiger partial charge on any atom is 0.411 e. The average molecular weight is 205 g/mol. The summed E-state index contributed by atoms with van der Waals surface area (Å²) in [5.74, 6) is 0.00609. The lowest BCUT2D eigenvalue weighted by atomic mass is 10.1. The molecule has 15 heavy (non-hydrogen) atoms. The number of anilines is 1. The number of hydrogen-bond donors (Lipinski definition) is 1. The van der Waals surface area contributed by atoms with Crippen molar-refractivity contribution in [3.8, 4) is 0 Å². The molecule has 1 aromatic carbocycles. The van der Waals surface area contributed by atoms with Crippen LogP contribution >= 0.6 is 0 Å². The highest BCUT2D eigenvalue weighted by Crippen LogP contribution is 2.28. The molecule has 0 atom stereocenters. The number of fused-ring (bicyclic) bond motifs is 1. The lowest BCUT2D eigenvalue weighted by Crippen LogP contribution is -2.26. The summed E-state index contributed by atoms with van der Waals surface area (Å²) in [7, 11) is 0. The SMILES string of the molecule is CC(=O)c1ccc2c(c1)CCN2C(=O)O. The zero-order chi connectivity index (χ0) is 11.0. The van der Waals surface area contributed by atoms with Gasteiger partial charge in [0.2, 0.25) is 0 Å². The molecule has 1 amide bonds. The first-order valence-electron chi connectivity index (χ1n) is 4.74. The number of benzene rings is 1. The maximum absolute atomic E-state index is 11.1. The summed E-state index contributed by atoms with van der Waals surface area (Å²) >= 11 is 0. The third-order valence-corrected chi connectivity index (χ3v) is 2.61. The molecule has 0 saturated carbocycles. The molecule has 0 unspecified atom stereocenters. The van der Waals surface area contributed by atoms with Gasteiger partial charge in [0.1, 0.15) is 0 Å². The van der Waals surface area contributed by atoms with E-state index in [0.717, 1.165) is 5.56 Å². The van der Waals surface area contributed by atoms with Crippen LogP contribution < -0.4 is 4.90 Å². The second-order valence-corrected chi connectivity index (χ2v) is 3.58. The predicted octanol–water partition coefficient (Wildman–Crippen LogP) is 1.93. The summed E-state index contributed by atoms with van der Waals surface area (Å²) in [6.45, 7) is 1.98. The van der Waals surface area contributed by atoms with Crippen LogP contribution in [0.25, 0.3) is 0 Å². The van der Waals surface area contributed by atoms with Gasteiger partial charge in [-0.05, 0) is 37.1 Å². The zero-order valence-electron chi connectivity index (χ0n) is 8.36. The number of Topliss-reactive ketones (excluding diaryl/α,β-unsaturated/α-hetero) is 1. The van der Waals surface area contributed by atoms with Crippen molar-refractivity contribution < 1.29 is 14.7 Å². The highest BCUT2D eigenvalue weighted by atomic mass is 16.4. The molecule has 4 nitrogen and oxygen atoms in total. The van der Waals surface area contributed by atoms with Crippen molar-refractivity contribution in [2.24, 2.45) is 0 Å². The normalized spacial score (nSPS) is 13.8. The molecule has 78 valence electrons. The van der Waals surface area contributed by atoms with Crippen molar-refractivity contribution in [2.75, 3.05) is 11.4 Å². The molecule has 0 saturated heterocycles. The van der Waals surface area contributed by atoms with E-state index < -0.39 is 6.09 Å². The Bertz CT molecular complexity index is 439. The van der Waals surface area contributed by atoms with E-state index in [2.05, 4.69) is 0 Å². The minimum atomic E-state index is -0.940. The monoisotopic (exact) mass is 205 g/mol. The Morgan fingerprint density at radius 1 is 1.40 bits per heavy atom. The van der Waals surface area contributed by atoms with Crippen LogP contribution in [-0.2, 0) is 6.42 Å². The maximum atomic E-state index is 11.1. The molecule has 1 N–H and O–H groups in total. The molecule has 1 aliphatic rings. The molecular weight excluding hydrogens is 194 g/mol. The summed E-state index contributed by atoms with van der Waals surface area (Å²) in [6, 6.07) is 5.15.